The highest BCUT2D eigenvalue weighted by Crippen LogP contribution is 2.21. The molecule has 2 rings (SSSR count). The van der Waals surface area contributed by atoms with E-state index in [4.69, 9.17) is 0 Å². The summed E-state index contributed by atoms with van der Waals surface area (Å²) in [5.41, 5.74) is 2.46. The summed E-state index contributed by atoms with van der Waals surface area (Å²) >= 11 is 0. The third-order valence-electron chi connectivity index (χ3n) is 2.69. The normalized spacial score (nSPS) is 12.6. The van der Waals surface area contributed by atoms with Crippen molar-refractivity contribution in [2.75, 3.05) is 13.6 Å². The number of aromatic nitrogens is 4. The predicted octanol–water partition coefficient (Wildman–Crippen LogP) is 0.870. The van der Waals surface area contributed by atoms with Crippen LogP contribution in [0.2, 0.25) is 0 Å². The molecule has 5 heteroatoms. The number of likely N-dealkylation sites (N-methyl/N-ethyl adjacent to an activating group) is 1. The van der Waals surface area contributed by atoms with Crippen molar-refractivity contribution in [3.05, 3.63) is 41.2 Å². The zero-order chi connectivity index (χ0) is 12.3. The van der Waals surface area contributed by atoms with E-state index < -0.39 is 0 Å². The predicted molar refractivity (Wildman–Crippen MR) is 65.7 cm³/mol. The fraction of sp³-hybridized carbons (Fsp3) is 0.417. The number of benzene rings is 1. The molecule has 0 saturated heterocycles. The number of tetrazole rings is 1. The number of hydrogen-bond donors (Lipinski definition) is 1. The van der Waals surface area contributed by atoms with E-state index >= 15 is 0 Å². The molecule has 0 aliphatic rings. The second-order valence-corrected chi connectivity index (χ2v) is 4.16. The van der Waals surface area contributed by atoms with Crippen molar-refractivity contribution in [1.29, 1.82) is 0 Å². The van der Waals surface area contributed by atoms with Gasteiger partial charge in [0.25, 0.3) is 0 Å². The fourth-order valence-electron chi connectivity index (χ4n) is 1.89. The third-order valence-corrected chi connectivity index (χ3v) is 2.69. The van der Waals surface area contributed by atoms with Crippen LogP contribution in [0, 0.1) is 6.92 Å². The van der Waals surface area contributed by atoms with E-state index in [0.29, 0.717) is 0 Å². The summed E-state index contributed by atoms with van der Waals surface area (Å²) in [5, 5.41) is 15.5. The molecule has 0 aliphatic heterocycles. The van der Waals surface area contributed by atoms with Gasteiger partial charge in [0.15, 0.2) is 5.82 Å². The lowest BCUT2D eigenvalue weighted by Gasteiger charge is -2.13. The third kappa shape index (κ3) is 2.68. The molecule has 5 nitrogen and oxygen atoms in total. The molecule has 17 heavy (non-hydrogen) atoms. The zero-order valence-corrected chi connectivity index (χ0v) is 10.4. The van der Waals surface area contributed by atoms with E-state index in [1.54, 1.807) is 7.05 Å². The maximum atomic E-state index is 4.29. The molecule has 0 amide bonds. The SMILES string of the molecule is CNCC(c1cccc(C)c1)c1nnn(C)n1. The van der Waals surface area contributed by atoms with Gasteiger partial charge in [0.05, 0.1) is 13.0 Å². The van der Waals surface area contributed by atoms with E-state index in [2.05, 4.69) is 51.9 Å². The van der Waals surface area contributed by atoms with Gasteiger partial charge in [-0.05, 0) is 24.7 Å². The molecule has 1 aromatic heterocycles. The summed E-state index contributed by atoms with van der Waals surface area (Å²) in [6, 6.07) is 8.41. The second-order valence-electron chi connectivity index (χ2n) is 4.16. The van der Waals surface area contributed by atoms with Crippen LogP contribution in [0.5, 0.6) is 0 Å². The van der Waals surface area contributed by atoms with Gasteiger partial charge in [0, 0.05) is 6.54 Å². The Hall–Kier alpha value is -1.75. The van der Waals surface area contributed by atoms with Crippen LogP contribution in [0.3, 0.4) is 0 Å². The van der Waals surface area contributed by atoms with Gasteiger partial charge in [-0.3, -0.25) is 0 Å². The maximum Gasteiger partial charge on any atom is 0.183 e. The van der Waals surface area contributed by atoms with E-state index in [1.165, 1.54) is 15.9 Å². The average Bonchev–Trinajstić information content (AvgIpc) is 2.72. The first-order valence-corrected chi connectivity index (χ1v) is 5.65. The quantitative estimate of drug-likeness (QED) is 0.848. The van der Waals surface area contributed by atoms with Crippen molar-refractivity contribution >= 4 is 0 Å². The van der Waals surface area contributed by atoms with Crippen LogP contribution in [-0.2, 0) is 7.05 Å². The van der Waals surface area contributed by atoms with E-state index in [1.807, 2.05) is 7.05 Å². The van der Waals surface area contributed by atoms with Gasteiger partial charge in [-0.15, -0.1) is 10.2 Å². The monoisotopic (exact) mass is 231 g/mol. The van der Waals surface area contributed by atoms with Gasteiger partial charge in [0.2, 0.25) is 0 Å². The zero-order valence-electron chi connectivity index (χ0n) is 10.4. The standard InChI is InChI=1S/C12H17N5/c1-9-5-4-6-10(7-9)11(8-13-2)12-14-16-17(3)15-12/h4-7,11,13H,8H2,1-3H3. The first-order valence-electron chi connectivity index (χ1n) is 5.65. The lowest BCUT2D eigenvalue weighted by molar-refractivity contribution is 0.619. The van der Waals surface area contributed by atoms with Crippen LogP contribution in [0.1, 0.15) is 22.9 Å². The molecule has 2 aromatic rings. The molecule has 0 aliphatic carbocycles. The van der Waals surface area contributed by atoms with Crippen LogP contribution in [0.15, 0.2) is 24.3 Å². The van der Waals surface area contributed by atoms with Crippen molar-refractivity contribution in [3.8, 4) is 0 Å². The van der Waals surface area contributed by atoms with Gasteiger partial charge >= 0.3 is 0 Å². The topological polar surface area (TPSA) is 55.6 Å². The molecular weight excluding hydrogens is 214 g/mol. The lowest BCUT2D eigenvalue weighted by Crippen LogP contribution is -2.19. The second kappa shape index (κ2) is 5.05. The first kappa shape index (κ1) is 11.7. The summed E-state index contributed by atoms with van der Waals surface area (Å²) in [6.45, 7) is 2.89. The van der Waals surface area contributed by atoms with Crippen LogP contribution in [-0.4, -0.2) is 33.8 Å². The Morgan fingerprint density at radius 3 is 2.82 bits per heavy atom. The van der Waals surface area contributed by atoms with Gasteiger partial charge in [-0.2, -0.15) is 4.80 Å². The summed E-state index contributed by atoms with van der Waals surface area (Å²) in [7, 11) is 3.71. The molecular formula is C12H17N5. The molecule has 0 fully saturated rings. The highest BCUT2D eigenvalue weighted by Gasteiger charge is 2.18. The number of rotatable bonds is 4. The van der Waals surface area contributed by atoms with E-state index in [9.17, 15) is 0 Å². The van der Waals surface area contributed by atoms with Gasteiger partial charge in [0.1, 0.15) is 0 Å². The Morgan fingerprint density at radius 1 is 1.41 bits per heavy atom. The molecule has 0 saturated carbocycles. The van der Waals surface area contributed by atoms with Crippen LogP contribution < -0.4 is 5.32 Å². The first-order chi connectivity index (χ1) is 8.20. The fourth-order valence-corrected chi connectivity index (χ4v) is 1.89. The Bertz CT molecular complexity index is 491. The molecule has 1 aromatic carbocycles. The maximum absolute atomic E-state index is 4.29. The van der Waals surface area contributed by atoms with Crippen molar-refractivity contribution in [3.63, 3.8) is 0 Å². The van der Waals surface area contributed by atoms with Crippen LogP contribution in [0.25, 0.3) is 0 Å². The Labute approximate surface area is 101 Å². The van der Waals surface area contributed by atoms with Crippen molar-refractivity contribution < 1.29 is 0 Å². The summed E-state index contributed by atoms with van der Waals surface area (Å²) in [5.74, 6) is 0.904. The number of hydrogen-bond acceptors (Lipinski definition) is 4. The molecule has 1 unspecified atom stereocenters. The summed E-state index contributed by atoms with van der Waals surface area (Å²) < 4.78 is 0. The van der Waals surface area contributed by atoms with Crippen LogP contribution >= 0.6 is 0 Å². The summed E-state index contributed by atoms with van der Waals surface area (Å²) in [6.07, 6.45) is 0. The minimum atomic E-state index is 0.147. The smallest absolute Gasteiger partial charge is 0.183 e. The molecule has 1 atom stereocenters. The average molecular weight is 231 g/mol. The molecule has 1 N–H and O–H groups in total. The summed E-state index contributed by atoms with van der Waals surface area (Å²) in [4.78, 5) is 1.49. The number of nitrogens with zero attached hydrogens (tertiary/aromatic N) is 4. The highest BCUT2D eigenvalue weighted by atomic mass is 15.6. The lowest BCUT2D eigenvalue weighted by atomic mass is 9.97. The van der Waals surface area contributed by atoms with Gasteiger partial charge < -0.3 is 5.32 Å². The largest absolute Gasteiger partial charge is 0.319 e. The number of nitrogens with one attached hydrogen (secondary N) is 1. The minimum Gasteiger partial charge on any atom is -0.319 e. The Balaban J connectivity index is 2.35. The molecule has 90 valence electrons. The van der Waals surface area contributed by atoms with Crippen molar-refractivity contribution in [2.24, 2.45) is 7.05 Å². The highest BCUT2D eigenvalue weighted by molar-refractivity contribution is 5.29. The molecule has 1 heterocycles. The van der Waals surface area contributed by atoms with Crippen molar-refractivity contribution in [2.45, 2.75) is 12.8 Å². The Kier molecular flexibility index (Phi) is 3.49. The molecule has 0 spiro atoms. The van der Waals surface area contributed by atoms with Crippen molar-refractivity contribution in [1.82, 2.24) is 25.5 Å². The molecule has 0 bridgehead atoms. The van der Waals surface area contributed by atoms with E-state index in [0.717, 1.165) is 12.4 Å². The van der Waals surface area contributed by atoms with Gasteiger partial charge in [-0.25, -0.2) is 0 Å². The Morgan fingerprint density at radius 2 is 2.24 bits per heavy atom. The van der Waals surface area contributed by atoms with E-state index in [-0.39, 0.29) is 5.92 Å². The number of aryl methyl sites for hydroxylation is 2. The molecule has 0 radical (unpaired) electrons. The van der Waals surface area contributed by atoms with Crippen LogP contribution in [0.4, 0.5) is 0 Å². The van der Waals surface area contributed by atoms with Gasteiger partial charge in [-0.1, -0.05) is 29.8 Å². The minimum absolute atomic E-state index is 0.147.